The van der Waals surface area contributed by atoms with Gasteiger partial charge in [0.1, 0.15) is 0 Å². The van der Waals surface area contributed by atoms with Crippen molar-refractivity contribution in [3.05, 3.63) is 59.7 Å². The summed E-state index contributed by atoms with van der Waals surface area (Å²) in [4.78, 5) is 12.0. The van der Waals surface area contributed by atoms with Crippen LogP contribution in [0.4, 0.5) is 0 Å². The molecule has 3 aromatic carbocycles. The number of aryl methyl sites for hydroxylation is 1. The van der Waals surface area contributed by atoms with Crippen LogP contribution in [0.5, 0.6) is 0 Å². The molecule has 0 atom stereocenters. The van der Waals surface area contributed by atoms with Gasteiger partial charge in [-0.25, -0.2) is 0 Å². The molecule has 0 spiro atoms. The number of Topliss-reactive ketones (excluding diaryl/α,β-unsaturated/α-hetero) is 1. The molecule has 4 rings (SSSR count). The maximum absolute atomic E-state index is 12.0. The maximum atomic E-state index is 12.0. The highest BCUT2D eigenvalue weighted by atomic mass is 16.1. The average Bonchev–Trinajstić information content (AvgIpc) is 2.47. The lowest BCUT2D eigenvalue weighted by atomic mass is 9.86. The number of benzene rings is 3. The first-order chi connectivity index (χ1) is 9.34. The summed E-state index contributed by atoms with van der Waals surface area (Å²) in [5.41, 5.74) is 2.19. The molecule has 1 heteroatoms. The van der Waals surface area contributed by atoms with E-state index >= 15 is 0 Å². The van der Waals surface area contributed by atoms with E-state index in [1.807, 2.05) is 6.07 Å². The van der Waals surface area contributed by atoms with Crippen LogP contribution in [0.25, 0.3) is 21.5 Å². The highest BCUT2D eigenvalue weighted by Gasteiger charge is 2.19. The van der Waals surface area contributed by atoms with Crippen LogP contribution in [0.15, 0.2) is 48.5 Å². The molecule has 0 unspecified atom stereocenters. The van der Waals surface area contributed by atoms with Gasteiger partial charge in [-0.3, -0.25) is 4.79 Å². The number of hydrogen-bond acceptors (Lipinski definition) is 1. The Morgan fingerprint density at radius 1 is 0.737 bits per heavy atom. The minimum atomic E-state index is 0.302. The number of ketones is 1. The van der Waals surface area contributed by atoms with Crippen LogP contribution in [0.1, 0.15) is 28.8 Å². The highest BCUT2D eigenvalue weighted by Crippen LogP contribution is 2.33. The molecule has 0 bridgehead atoms. The van der Waals surface area contributed by atoms with Crippen LogP contribution < -0.4 is 0 Å². The summed E-state index contributed by atoms with van der Waals surface area (Å²) in [6.07, 6.45) is 2.71. The predicted octanol–water partition coefficient (Wildman–Crippen LogP) is 4.51. The average molecular weight is 246 g/mol. The first kappa shape index (κ1) is 10.7. The second kappa shape index (κ2) is 3.92. The zero-order chi connectivity index (χ0) is 12.8. The maximum Gasteiger partial charge on any atom is 0.163 e. The molecule has 0 saturated heterocycles. The van der Waals surface area contributed by atoms with Crippen LogP contribution in [0.3, 0.4) is 0 Å². The van der Waals surface area contributed by atoms with Crippen LogP contribution in [-0.4, -0.2) is 5.78 Å². The van der Waals surface area contributed by atoms with Crippen LogP contribution in [0, 0.1) is 0 Å². The number of carbonyl (C=O) groups is 1. The molecule has 0 amide bonds. The Kier molecular flexibility index (Phi) is 2.22. The summed E-state index contributed by atoms with van der Waals surface area (Å²) in [6, 6.07) is 16.9. The van der Waals surface area contributed by atoms with Gasteiger partial charge in [0.05, 0.1) is 0 Å². The zero-order valence-electron chi connectivity index (χ0n) is 10.6. The standard InChI is InChI=1S/C18H14O/c19-18-7-3-6-14-16-9-8-12-4-1-2-5-13(12)15(16)10-11-17(14)18/h1-2,4-5,8-11H,3,6-7H2. The summed E-state index contributed by atoms with van der Waals surface area (Å²) in [5, 5.41) is 5.06. The number of fused-ring (bicyclic) bond motifs is 5. The van der Waals surface area contributed by atoms with Crippen molar-refractivity contribution in [1.29, 1.82) is 0 Å². The topological polar surface area (TPSA) is 17.1 Å². The van der Waals surface area contributed by atoms with Gasteiger partial charge in [-0.15, -0.1) is 0 Å². The molecule has 0 saturated carbocycles. The summed E-state index contributed by atoms with van der Waals surface area (Å²) in [7, 11) is 0. The molecular formula is C18H14O. The normalized spacial score (nSPS) is 14.8. The first-order valence-electron chi connectivity index (χ1n) is 6.81. The van der Waals surface area contributed by atoms with Crippen LogP contribution in [-0.2, 0) is 6.42 Å². The molecule has 0 N–H and O–H groups in total. The van der Waals surface area contributed by atoms with Gasteiger partial charge < -0.3 is 0 Å². The van der Waals surface area contributed by atoms with Crippen molar-refractivity contribution < 1.29 is 4.79 Å². The van der Waals surface area contributed by atoms with Gasteiger partial charge in [-0.1, -0.05) is 48.5 Å². The van der Waals surface area contributed by atoms with E-state index < -0.39 is 0 Å². The minimum Gasteiger partial charge on any atom is -0.294 e. The second-order valence-corrected chi connectivity index (χ2v) is 5.25. The quantitative estimate of drug-likeness (QED) is 0.533. The van der Waals surface area contributed by atoms with Crippen molar-refractivity contribution in [2.24, 2.45) is 0 Å². The third kappa shape index (κ3) is 1.51. The predicted molar refractivity (Wildman–Crippen MR) is 78.7 cm³/mol. The third-order valence-electron chi connectivity index (χ3n) is 4.17. The molecule has 0 aromatic heterocycles. The van der Waals surface area contributed by atoms with Crippen molar-refractivity contribution in [2.45, 2.75) is 19.3 Å². The Morgan fingerprint density at radius 2 is 1.58 bits per heavy atom. The Balaban J connectivity index is 2.16. The lowest BCUT2D eigenvalue weighted by Gasteiger charge is -2.17. The van der Waals surface area contributed by atoms with Crippen molar-refractivity contribution in [3.63, 3.8) is 0 Å². The number of hydrogen-bond donors (Lipinski definition) is 0. The van der Waals surface area contributed by atoms with Gasteiger partial charge in [-0.05, 0) is 39.9 Å². The largest absolute Gasteiger partial charge is 0.294 e. The SMILES string of the molecule is O=C1CCCc2c1ccc1c2ccc2ccccc21. The zero-order valence-corrected chi connectivity index (χ0v) is 10.6. The molecule has 19 heavy (non-hydrogen) atoms. The molecule has 0 aliphatic heterocycles. The van der Waals surface area contributed by atoms with E-state index in [0.717, 1.165) is 18.4 Å². The summed E-state index contributed by atoms with van der Waals surface area (Å²) < 4.78 is 0. The van der Waals surface area contributed by atoms with Gasteiger partial charge >= 0.3 is 0 Å². The Morgan fingerprint density at radius 3 is 2.53 bits per heavy atom. The Bertz CT molecular complexity index is 814. The monoisotopic (exact) mass is 246 g/mol. The smallest absolute Gasteiger partial charge is 0.163 e. The van der Waals surface area contributed by atoms with Crippen LogP contribution >= 0.6 is 0 Å². The van der Waals surface area contributed by atoms with Crippen molar-refractivity contribution >= 4 is 27.3 Å². The third-order valence-corrected chi connectivity index (χ3v) is 4.17. The highest BCUT2D eigenvalue weighted by molar-refractivity contribution is 6.12. The van der Waals surface area contributed by atoms with E-state index in [2.05, 4.69) is 42.5 Å². The molecular weight excluding hydrogens is 232 g/mol. The lowest BCUT2D eigenvalue weighted by molar-refractivity contribution is 0.0973. The van der Waals surface area contributed by atoms with Gasteiger partial charge in [-0.2, -0.15) is 0 Å². The van der Waals surface area contributed by atoms with E-state index in [9.17, 15) is 4.79 Å². The first-order valence-corrected chi connectivity index (χ1v) is 6.81. The fourth-order valence-corrected chi connectivity index (χ4v) is 3.24. The lowest BCUT2D eigenvalue weighted by Crippen LogP contribution is -2.10. The van der Waals surface area contributed by atoms with Crippen molar-refractivity contribution in [1.82, 2.24) is 0 Å². The summed E-state index contributed by atoms with van der Waals surface area (Å²) >= 11 is 0. The van der Waals surface area contributed by atoms with E-state index in [-0.39, 0.29) is 0 Å². The minimum absolute atomic E-state index is 0.302. The molecule has 92 valence electrons. The fourth-order valence-electron chi connectivity index (χ4n) is 3.24. The molecule has 0 fully saturated rings. The van der Waals surface area contributed by atoms with E-state index in [1.54, 1.807) is 0 Å². The van der Waals surface area contributed by atoms with Gasteiger partial charge in [0, 0.05) is 12.0 Å². The van der Waals surface area contributed by atoms with E-state index in [1.165, 1.54) is 27.1 Å². The van der Waals surface area contributed by atoms with Gasteiger partial charge in [0.15, 0.2) is 5.78 Å². The molecule has 1 nitrogen and oxygen atoms in total. The van der Waals surface area contributed by atoms with Crippen LogP contribution in [0.2, 0.25) is 0 Å². The molecule has 3 aromatic rings. The summed E-state index contributed by atoms with van der Waals surface area (Å²) in [6.45, 7) is 0. The number of rotatable bonds is 0. The summed E-state index contributed by atoms with van der Waals surface area (Å²) in [5.74, 6) is 0.302. The van der Waals surface area contributed by atoms with Crippen molar-refractivity contribution in [2.75, 3.05) is 0 Å². The van der Waals surface area contributed by atoms with E-state index in [0.29, 0.717) is 12.2 Å². The molecule has 0 radical (unpaired) electrons. The molecule has 1 aliphatic rings. The number of carbonyl (C=O) groups excluding carboxylic acids is 1. The fraction of sp³-hybridized carbons (Fsp3) is 0.167. The Labute approximate surface area is 111 Å². The molecule has 1 aliphatic carbocycles. The molecule has 0 heterocycles. The van der Waals surface area contributed by atoms with Gasteiger partial charge in [0.25, 0.3) is 0 Å². The van der Waals surface area contributed by atoms with E-state index in [4.69, 9.17) is 0 Å². The second-order valence-electron chi connectivity index (χ2n) is 5.25. The Hall–Kier alpha value is -2.15. The van der Waals surface area contributed by atoms with Gasteiger partial charge in [0.2, 0.25) is 0 Å². The van der Waals surface area contributed by atoms with Crippen molar-refractivity contribution in [3.8, 4) is 0 Å².